The molecule has 3 nitrogen and oxygen atoms in total. The van der Waals surface area contributed by atoms with Crippen LogP contribution in [0.1, 0.15) is 59.3 Å². The van der Waals surface area contributed by atoms with Gasteiger partial charge < -0.3 is 10.6 Å². The smallest absolute Gasteiger partial charge is 0.223 e. The van der Waals surface area contributed by atoms with Crippen LogP contribution in [0.4, 0.5) is 0 Å². The van der Waals surface area contributed by atoms with Crippen LogP contribution in [0, 0.1) is 17.3 Å². The van der Waals surface area contributed by atoms with E-state index < -0.39 is 0 Å². The Kier molecular flexibility index (Phi) is 5.86. The summed E-state index contributed by atoms with van der Waals surface area (Å²) in [7, 11) is 0. The summed E-state index contributed by atoms with van der Waals surface area (Å²) in [5.41, 5.74) is 1.88. The SMILES string of the molecule is CC(C)(C)C1CCC(C(=O)NCCC2=CCNCC2)CC1. The van der Waals surface area contributed by atoms with Gasteiger partial charge in [-0.05, 0) is 56.4 Å². The molecular formula is C18H32N2O. The van der Waals surface area contributed by atoms with Crippen molar-refractivity contribution < 1.29 is 4.79 Å². The van der Waals surface area contributed by atoms with E-state index in [0.717, 1.165) is 51.2 Å². The van der Waals surface area contributed by atoms with Crippen LogP contribution in [0.3, 0.4) is 0 Å². The Hall–Kier alpha value is -0.830. The molecular weight excluding hydrogens is 260 g/mol. The van der Waals surface area contributed by atoms with Gasteiger partial charge in [-0.1, -0.05) is 32.4 Å². The first-order valence-electron chi connectivity index (χ1n) is 8.63. The fourth-order valence-electron chi connectivity index (χ4n) is 3.61. The average Bonchev–Trinajstić information content (AvgIpc) is 2.47. The highest BCUT2D eigenvalue weighted by molar-refractivity contribution is 5.78. The molecule has 21 heavy (non-hydrogen) atoms. The summed E-state index contributed by atoms with van der Waals surface area (Å²) in [6.45, 7) is 9.85. The molecule has 0 aromatic carbocycles. The van der Waals surface area contributed by atoms with Crippen LogP contribution < -0.4 is 10.6 Å². The van der Waals surface area contributed by atoms with Gasteiger partial charge in [0.2, 0.25) is 5.91 Å². The molecule has 1 saturated carbocycles. The summed E-state index contributed by atoms with van der Waals surface area (Å²) in [6, 6.07) is 0. The molecule has 0 aromatic rings. The molecule has 1 fully saturated rings. The number of carbonyl (C=O) groups excluding carboxylic acids is 1. The molecule has 3 heteroatoms. The van der Waals surface area contributed by atoms with Crippen LogP contribution in [-0.2, 0) is 4.79 Å². The van der Waals surface area contributed by atoms with Gasteiger partial charge in [-0.3, -0.25) is 4.79 Å². The first kappa shape index (κ1) is 16.5. The van der Waals surface area contributed by atoms with Gasteiger partial charge in [0.15, 0.2) is 0 Å². The minimum absolute atomic E-state index is 0.255. The van der Waals surface area contributed by atoms with Crippen LogP contribution in [0.15, 0.2) is 11.6 Å². The maximum absolute atomic E-state index is 12.3. The van der Waals surface area contributed by atoms with Crippen LogP contribution in [-0.4, -0.2) is 25.5 Å². The maximum Gasteiger partial charge on any atom is 0.223 e. The summed E-state index contributed by atoms with van der Waals surface area (Å²) in [5, 5.41) is 6.47. The van der Waals surface area contributed by atoms with Crippen molar-refractivity contribution in [3.8, 4) is 0 Å². The van der Waals surface area contributed by atoms with E-state index in [2.05, 4.69) is 37.5 Å². The van der Waals surface area contributed by atoms with Crippen molar-refractivity contribution in [2.75, 3.05) is 19.6 Å². The highest BCUT2D eigenvalue weighted by Gasteiger charge is 2.32. The molecule has 0 spiro atoms. The fraction of sp³-hybridized carbons (Fsp3) is 0.833. The van der Waals surface area contributed by atoms with Gasteiger partial charge in [-0.2, -0.15) is 0 Å². The minimum atomic E-state index is 0.255. The predicted octanol–water partition coefficient (Wildman–Crippen LogP) is 3.26. The molecule has 1 aliphatic carbocycles. The lowest BCUT2D eigenvalue weighted by molar-refractivity contribution is -0.126. The highest BCUT2D eigenvalue weighted by atomic mass is 16.1. The minimum Gasteiger partial charge on any atom is -0.356 e. The van der Waals surface area contributed by atoms with Crippen molar-refractivity contribution in [1.82, 2.24) is 10.6 Å². The molecule has 1 aliphatic heterocycles. The lowest BCUT2D eigenvalue weighted by atomic mass is 9.69. The summed E-state index contributed by atoms with van der Waals surface area (Å²) < 4.78 is 0. The molecule has 0 atom stereocenters. The second-order valence-electron chi connectivity index (χ2n) is 7.77. The molecule has 120 valence electrons. The van der Waals surface area contributed by atoms with Crippen molar-refractivity contribution >= 4 is 5.91 Å². The number of hydrogen-bond acceptors (Lipinski definition) is 2. The Morgan fingerprint density at radius 3 is 2.57 bits per heavy atom. The van der Waals surface area contributed by atoms with Crippen molar-refractivity contribution in [3.05, 3.63) is 11.6 Å². The Labute approximate surface area is 130 Å². The van der Waals surface area contributed by atoms with E-state index in [4.69, 9.17) is 0 Å². The Balaban J connectivity index is 1.66. The van der Waals surface area contributed by atoms with Crippen LogP contribution >= 0.6 is 0 Å². The quantitative estimate of drug-likeness (QED) is 0.781. The van der Waals surface area contributed by atoms with E-state index in [9.17, 15) is 4.79 Å². The number of amides is 1. The molecule has 0 unspecified atom stereocenters. The molecule has 1 amide bonds. The zero-order chi connectivity index (χ0) is 15.3. The molecule has 0 aromatic heterocycles. The first-order valence-corrected chi connectivity index (χ1v) is 8.63. The molecule has 0 radical (unpaired) electrons. The lowest BCUT2D eigenvalue weighted by Gasteiger charge is -2.36. The van der Waals surface area contributed by atoms with E-state index in [1.54, 1.807) is 0 Å². The average molecular weight is 292 g/mol. The van der Waals surface area contributed by atoms with E-state index >= 15 is 0 Å². The van der Waals surface area contributed by atoms with Crippen LogP contribution in [0.2, 0.25) is 0 Å². The predicted molar refractivity (Wildman–Crippen MR) is 88.1 cm³/mol. The Morgan fingerprint density at radius 1 is 1.29 bits per heavy atom. The topological polar surface area (TPSA) is 41.1 Å². The third kappa shape index (κ3) is 5.14. The third-order valence-corrected chi connectivity index (χ3v) is 5.23. The van der Waals surface area contributed by atoms with Crippen molar-refractivity contribution in [2.45, 2.75) is 59.3 Å². The largest absolute Gasteiger partial charge is 0.356 e. The second kappa shape index (κ2) is 7.44. The summed E-state index contributed by atoms with van der Waals surface area (Å²) >= 11 is 0. The molecule has 2 N–H and O–H groups in total. The van der Waals surface area contributed by atoms with Gasteiger partial charge >= 0.3 is 0 Å². The normalized spacial score (nSPS) is 27.1. The highest BCUT2D eigenvalue weighted by Crippen LogP contribution is 2.39. The van der Waals surface area contributed by atoms with E-state index in [0.29, 0.717) is 5.41 Å². The zero-order valence-corrected chi connectivity index (χ0v) is 14.0. The lowest BCUT2D eigenvalue weighted by Crippen LogP contribution is -2.36. The monoisotopic (exact) mass is 292 g/mol. The summed E-state index contributed by atoms with van der Waals surface area (Å²) in [5.74, 6) is 1.32. The van der Waals surface area contributed by atoms with Crippen molar-refractivity contribution in [2.24, 2.45) is 17.3 Å². The fourth-order valence-corrected chi connectivity index (χ4v) is 3.61. The number of carbonyl (C=O) groups is 1. The number of rotatable bonds is 4. The number of nitrogens with one attached hydrogen (secondary N) is 2. The van der Waals surface area contributed by atoms with Crippen LogP contribution in [0.5, 0.6) is 0 Å². The van der Waals surface area contributed by atoms with E-state index in [1.165, 1.54) is 18.4 Å². The van der Waals surface area contributed by atoms with Gasteiger partial charge in [0, 0.05) is 19.0 Å². The molecule has 0 bridgehead atoms. The molecule has 2 aliphatic rings. The molecule has 0 saturated heterocycles. The van der Waals surface area contributed by atoms with Gasteiger partial charge in [-0.25, -0.2) is 0 Å². The summed E-state index contributed by atoms with van der Waals surface area (Å²) in [4.78, 5) is 12.3. The van der Waals surface area contributed by atoms with Crippen molar-refractivity contribution in [3.63, 3.8) is 0 Å². The van der Waals surface area contributed by atoms with Crippen molar-refractivity contribution in [1.29, 1.82) is 0 Å². The Bertz CT molecular complexity index is 373. The molecule has 1 heterocycles. The number of hydrogen-bond donors (Lipinski definition) is 2. The summed E-state index contributed by atoms with van der Waals surface area (Å²) in [6.07, 6.45) is 8.97. The third-order valence-electron chi connectivity index (χ3n) is 5.23. The standard InChI is InChI=1S/C18H32N2O/c1-18(2,3)16-6-4-15(5-7-16)17(21)20-13-10-14-8-11-19-12-9-14/h8,15-16,19H,4-7,9-13H2,1-3H3,(H,20,21). The van der Waals surface area contributed by atoms with Gasteiger partial charge in [-0.15, -0.1) is 0 Å². The maximum atomic E-state index is 12.3. The Morgan fingerprint density at radius 2 is 2.00 bits per heavy atom. The van der Waals surface area contributed by atoms with Gasteiger partial charge in [0.05, 0.1) is 0 Å². The van der Waals surface area contributed by atoms with E-state index in [-0.39, 0.29) is 11.8 Å². The zero-order valence-electron chi connectivity index (χ0n) is 14.0. The van der Waals surface area contributed by atoms with Gasteiger partial charge in [0.1, 0.15) is 0 Å². The van der Waals surface area contributed by atoms with Crippen LogP contribution in [0.25, 0.3) is 0 Å². The van der Waals surface area contributed by atoms with E-state index in [1.807, 2.05) is 0 Å². The second-order valence-corrected chi connectivity index (χ2v) is 7.77. The first-order chi connectivity index (χ1) is 9.97. The molecule has 2 rings (SSSR count). The van der Waals surface area contributed by atoms with Gasteiger partial charge in [0.25, 0.3) is 0 Å².